The van der Waals surface area contributed by atoms with Gasteiger partial charge in [-0.25, -0.2) is 0 Å². The number of carbonyl (C=O) groups is 1. The normalized spacial score (nSPS) is 10.6. The van der Waals surface area contributed by atoms with E-state index in [0.717, 1.165) is 10.9 Å². The SMILES string of the molecule is Cc1cccc2c(=O)[nH]c(CC(=O)O)cc12. The van der Waals surface area contributed by atoms with Crippen molar-refractivity contribution in [3.8, 4) is 0 Å². The number of aliphatic carboxylic acids is 1. The highest BCUT2D eigenvalue weighted by Crippen LogP contribution is 2.15. The van der Waals surface area contributed by atoms with Crippen molar-refractivity contribution in [2.75, 3.05) is 0 Å². The molecule has 1 aromatic carbocycles. The van der Waals surface area contributed by atoms with Gasteiger partial charge < -0.3 is 10.1 Å². The summed E-state index contributed by atoms with van der Waals surface area (Å²) < 4.78 is 0. The number of fused-ring (bicyclic) bond motifs is 1. The smallest absolute Gasteiger partial charge is 0.309 e. The van der Waals surface area contributed by atoms with Gasteiger partial charge in [0.05, 0.1) is 6.42 Å². The highest BCUT2D eigenvalue weighted by Gasteiger charge is 2.06. The van der Waals surface area contributed by atoms with E-state index in [1.54, 1.807) is 12.1 Å². The molecule has 0 amide bonds. The van der Waals surface area contributed by atoms with Crippen molar-refractivity contribution in [3.05, 3.63) is 45.9 Å². The molecular weight excluding hydrogens is 206 g/mol. The first kappa shape index (κ1) is 10.4. The minimum Gasteiger partial charge on any atom is -0.481 e. The Balaban J connectivity index is 2.70. The third kappa shape index (κ3) is 1.82. The van der Waals surface area contributed by atoms with Gasteiger partial charge in [0.2, 0.25) is 0 Å². The summed E-state index contributed by atoms with van der Waals surface area (Å²) in [6.07, 6.45) is -0.167. The van der Waals surface area contributed by atoms with E-state index in [9.17, 15) is 9.59 Å². The van der Waals surface area contributed by atoms with Crippen LogP contribution >= 0.6 is 0 Å². The zero-order chi connectivity index (χ0) is 11.7. The number of aromatic nitrogens is 1. The van der Waals surface area contributed by atoms with E-state index in [-0.39, 0.29) is 12.0 Å². The van der Waals surface area contributed by atoms with E-state index in [1.165, 1.54) is 0 Å². The monoisotopic (exact) mass is 217 g/mol. The topological polar surface area (TPSA) is 70.2 Å². The van der Waals surface area contributed by atoms with E-state index >= 15 is 0 Å². The van der Waals surface area contributed by atoms with Crippen LogP contribution in [0.15, 0.2) is 29.1 Å². The van der Waals surface area contributed by atoms with Crippen LogP contribution in [0.1, 0.15) is 11.3 Å². The summed E-state index contributed by atoms with van der Waals surface area (Å²) in [4.78, 5) is 24.8. The second kappa shape index (κ2) is 3.81. The van der Waals surface area contributed by atoms with Crippen molar-refractivity contribution in [2.24, 2.45) is 0 Å². The summed E-state index contributed by atoms with van der Waals surface area (Å²) in [5.41, 5.74) is 1.16. The molecule has 0 aliphatic carbocycles. The number of pyridine rings is 1. The molecule has 0 saturated carbocycles. The second-order valence-electron chi connectivity index (χ2n) is 3.73. The van der Waals surface area contributed by atoms with Crippen molar-refractivity contribution < 1.29 is 9.90 Å². The number of nitrogens with one attached hydrogen (secondary N) is 1. The van der Waals surface area contributed by atoms with Gasteiger partial charge in [-0.2, -0.15) is 0 Å². The number of benzene rings is 1. The number of hydrogen-bond acceptors (Lipinski definition) is 2. The van der Waals surface area contributed by atoms with E-state index in [1.807, 2.05) is 19.1 Å². The molecule has 2 aromatic rings. The molecule has 1 heterocycles. The summed E-state index contributed by atoms with van der Waals surface area (Å²) in [6, 6.07) is 7.15. The van der Waals surface area contributed by atoms with Gasteiger partial charge in [-0.1, -0.05) is 12.1 Å². The molecule has 2 N–H and O–H groups in total. The van der Waals surface area contributed by atoms with Crippen LogP contribution in [0.25, 0.3) is 10.8 Å². The Bertz CT molecular complexity index is 613. The third-order valence-electron chi connectivity index (χ3n) is 2.50. The van der Waals surface area contributed by atoms with Gasteiger partial charge in [0, 0.05) is 11.1 Å². The van der Waals surface area contributed by atoms with Crippen LogP contribution in [-0.4, -0.2) is 16.1 Å². The third-order valence-corrected chi connectivity index (χ3v) is 2.50. The number of aryl methyl sites for hydroxylation is 1. The molecule has 0 fully saturated rings. The first-order valence-corrected chi connectivity index (χ1v) is 4.91. The van der Waals surface area contributed by atoms with Crippen molar-refractivity contribution in [3.63, 3.8) is 0 Å². The van der Waals surface area contributed by atoms with E-state index in [2.05, 4.69) is 4.98 Å². The second-order valence-corrected chi connectivity index (χ2v) is 3.73. The molecule has 0 radical (unpaired) electrons. The lowest BCUT2D eigenvalue weighted by atomic mass is 10.1. The number of rotatable bonds is 2. The fraction of sp³-hybridized carbons (Fsp3) is 0.167. The Morgan fingerprint density at radius 1 is 1.38 bits per heavy atom. The summed E-state index contributed by atoms with van der Waals surface area (Å²) in [6.45, 7) is 1.90. The zero-order valence-corrected chi connectivity index (χ0v) is 8.78. The summed E-state index contributed by atoms with van der Waals surface area (Å²) in [5, 5.41) is 10.1. The van der Waals surface area contributed by atoms with Gasteiger partial charge in [0.15, 0.2) is 0 Å². The standard InChI is InChI=1S/C12H11NO3/c1-7-3-2-4-9-10(7)5-8(6-11(14)15)13-12(9)16/h2-5H,6H2,1H3,(H,13,16)(H,14,15). The van der Waals surface area contributed by atoms with Crippen LogP contribution in [-0.2, 0) is 11.2 Å². The van der Waals surface area contributed by atoms with Crippen molar-refractivity contribution in [1.82, 2.24) is 4.98 Å². The lowest BCUT2D eigenvalue weighted by Crippen LogP contribution is -2.12. The van der Waals surface area contributed by atoms with E-state index in [4.69, 9.17) is 5.11 Å². The summed E-state index contributed by atoms with van der Waals surface area (Å²) in [5.74, 6) is -0.955. The molecule has 0 spiro atoms. The first-order valence-electron chi connectivity index (χ1n) is 4.91. The highest BCUT2D eigenvalue weighted by molar-refractivity contribution is 5.85. The van der Waals surface area contributed by atoms with E-state index in [0.29, 0.717) is 11.1 Å². The van der Waals surface area contributed by atoms with Crippen LogP contribution in [0.4, 0.5) is 0 Å². The van der Waals surface area contributed by atoms with Crippen LogP contribution < -0.4 is 5.56 Å². The van der Waals surface area contributed by atoms with Gasteiger partial charge in [-0.15, -0.1) is 0 Å². The summed E-state index contributed by atoms with van der Waals surface area (Å²) in [7, 11) is 0. The van der Waals surface area contributed by atoms with Crippen molar-refractivity contribution in [1.29, 1.82) is 0 Å². The minimum atomic E-state index is -0.955. The number of H-pyrrole nitrogens is 1. The number of carboxylic acids is 1. The molecule has 4 heteroatoms. The van der Waals surface area contributed by atoms with Gasteiger partial charge in [-0.3, -0.25) is 9.59 Å². The number of hydrogen-bond donors (Lipinski definition) is 2. The fourth-order valence-electron chi connectivity index (χ4n) is 1.75. The predicted molar refractivity (Wildman–Crippen MR) is 60.6 cm³/mol. The average Bonchev–Trinajstić information content (AvgIpc) is 2.19. The molecule has 0 aliphatic heterocycles. The van der Waals surface area contributed by atoms with Crippen LogP contribution in [0, 0.1) is 6.92 Å². The van der Waals surface area contributed by atoms with Crippen molar-refractivity contribution in [2.45, 2.75) is 13.3 Å². The van der Waals surface area contributed by atoms with Gasteiger partial charge in [0.25, 0.3) is 5.56 Å². The molecule has 0 bridgehead atoms. The minimum absolute atomic E-state index is 0.167. The number of carboxylic acid groups (broad SMARTS) is 1. The van der Waals surface area contributed by atoms with Gasteiger partial charge in [-0.05, 0) is 30.0 Å². The Kier molecular flexibility index (Phi) is 2.48. The van der Waals surface area contributed by atoms with Crippen molar-refractivity contribution >= 4 is 16.7 Å². The molecular formula is C12H11NO3. The first-order chi connectivity index (χ1) is 7.58. The Morgan fingerprint density at radius 3 is 2.81 bits per heavy atom. The molecule has 0 atom stereocenters. The molecule has 4 nitrogen and oxygen atoms in total. The van der Waals surface area contributed by atoms with Crippen LogP contribution in [0.2, 0.25) is 0 Å². The van der Waals surface area contributed by atoms with E-state index < -0.39 is 5.97 Å². The molecule has 16 heavy (non-hydrogen) atoms. The maximum atomic E-state index is 11.7. The Morgan fingerprint density at radius 2 is 2.12 bits per heavy atom. The number of aromatic amines is 1. The zero-order valence-electron chi connectivity index (χ0n) is 8.78. The van der Waals surface area contributed by atoms with Gasteiger partial charge >= 0.3 is 5.97 Å². The molecule has 0 unspecified atom stereocenters. The van der Waals surface area contributed by atoms with Crippen LogP contribution in [0.3, 0.4) is 0 Å². The molecule has 2 rings (SSSR count). The predicted octanol–water partition coefficient (Wildman–Crippen LogP) is 1.46. The Hall–Kier alpha value is -2.10. The quantitative estimate of drug-likeness (QED) is 0.800. The molecule has 0 saturated heterocycles. The Labute approximate surface area is 91.5 Å². The molecule has 1 aromatic heterocycles. The highest BCUT2D eigenvalue weighted by atomic mass is 16.4. The fourth-order valence-corrected chi connectivity index (χ4v) is 1.75. The average molecular weight is 217 g/mol. The lowest BCUT2D eigenvalue weighted by Gasteiger charge is -2.03. The summed E-state index contributed by atoms with van der Waals surface area (Å²) >= 11 is 0. The molecule has 0 aliphatic rings. The van der Waals surface area contributed by atoms with Gasteiger partial charge in [0.1, 0.15) is 0 Å². The largest absolute Gasteiger partial charge is 0.481 e. The maximum absolute atomic E-state index is 11.7. The maximum Gasteiger partial charge on any atom is 0.309 e. The lowest BCUT2D eigenvalue weighted by molar-refractivity contribution is -0.136. The molecule has 82 valence electrons. The van der Waals surface area contributed by atoms with Crippen LogP contribution in [0.5, 0.6) is 0 Å².